The molecule has 0 aromatic carbocycles. The van der Waals surface area contributed by atoms with Crippen LogP contribution in [0, 0.1) is 5.92 Å². The van der Waals surface area contributed by atoms with Gasteiger partial charge in [0.25, 0.3) is 0 Å². The van der Waals surface area contributed by atoms with Crippen LogP contribution >= 0.6 is 11.3 Å². The van der Waals surface area contributed by atoms with Gasteiger partial charge >= 0.3 is 12.1 Å². The Labute approximate surface area is 170 Å². The highest BCUT2D eigenvalue weighted by atomic mass is 32.1. The van der Waals surface area contributed by atoms with Gasteiger partial charge in [-0.15, -0.1) is 11.3 Å². The fourth-order valence-corrected chi connectivity index (χ4v) is 3.28. The summed E-state index contributed by atoms with van der Waals surface area (Å²) in [6, 6.07) is -0.713. The molecule has 0 radical (unpaired) electrons. The molecule has 158 valence electrons. The van der Waals surface area contributed by atoms with Crippen LogP contribution < -0.4 is 10.6 Å². The summed E-state index contributed by atoms with van der Waals surface area (Å²) in [7, 11) is 0. The fourth-order valence-electron chi connectivity index (χ4n) is 2.42. The number of nitrogens with one attached hydrogen (secondary N) is 2. The number of alkyl carbamates (subject to hydrolysis) is 1. The molecule has 2 N–H and O–H groups in total. The number of aromatic nitrogens is 1. The number of carbonyl (C=O) groups excluding carboxylic acids is 3. The van der Waals surface area contributed by atoms with Gasteiger partial charge in [0.15, 0.2) is 5.69 Å². The molecule has 1 rings (SSSR count). The van der Waals surface area contributed by atoms with Gasteiger partial charge < -0.3 is 20.1 Å². The average Bonchev–Trinajstić information content (AvgIpc) is 3.01. The van der Waals surface area contributed by atoms with Crippen LogP contribution in [0.5, 0.6) is 0 Å². The molecule has 1 heterocycles. The minimum Gasteiger partial charge on any atom is -0.461 e. The van der Waals surface area contributed by atoms with Crippen LogP contribution in [0.25, 0.3) is 0 Å². The lowest BCUT2D eigenvalue weighted by Gasteiger charge is -2.28. The van der Waals surface area contributed by atoms with E-state index in [4.69, 9.17) is 9.47 Å². The summed E-state index contributed by atoms with van der Waals surface area (Å²) in [5.74, 6) is -0.634. The van der Waals surface area contributed by atoms with Gasteiger partial charge in [-0.1, -0.05) is 13.8 Å². The number of hydrogen-bond acceptors (Lipinski definition) is 7. The lowest BCUT2D eigenvalue weighted by Crippen LogP contribution is -2.44. The first-order chi connectivity index (χ1) is 12.9. The smallest absolute Gasteiger partial charge is 0.407 e. The number of thiazole rings is 1. The monoisotopic (exact) mass is 413 g/mol. The van der Waals surface area contributed by atoms with E-state index >= 15 is 0 Å². The SMILES string of the molecule is CCOC(=O)c1csc(C(C[C@@H](NC(=O)OC(C)(C)C)C(C)C)NC(C)=O)n1. The van der Waals surface area contributed by atoms with E-state index in [1.165, 1.54) is 18.3 Å². The highest BCUT2D eigenvalue weighted by molar-refractivity contribution is 7.09. The molecule has 1 aromatic rings. The maximum Gasteiger partial charge on any atom is 0.407 e. The van der Waals surface area contributed by atoms with Crippen molar-refractivity contribution in [1.29, 1.82) is 0 Å². The minimum atomic E-state index is -0.605. The number of nitrogens with zero attached hydrogens (tertiary/aromatic N) is 1. The summed E-state index contributed by atoms with van der Waals surface area (Å²) in [6.45, 7) is 12.7. The van der Waals surface area contributed by atoms with Crippen LogP contribution in [0.3, 0.4) is 0 Å². The quantitative estimate of drug-likeness (QED) is 0.632. The Morgan fingerprint density at radius 3 is 2.36 bits per heavy atom. The van der Waals surface area contributed by atoms with E-state index in [2.05, 4.69) is 15.6 Å². The summed E-state index contributed by atoms with van der Waals surface area (Å²) in [4.78, 5) is 40.1. The third-order valence-electron chi connectivity index (χ3n) is 3.68. The van der Waals surface area contributed by atoms with E-state index in [0.717, 1.165) is 0 Å². The minimum absolute atomic E-state index is 0.0910. The van der Waals surface area contributed by atoms with Gasteiger partial charge in [-0.2, -0.15) is 0 Å². The number of amides is 2. The summed E-state index contributed by atoms with van der Waals surface area (Å²) in [5, 5.41) is 7.90. The topological polar surface area (TPSA) is 107 Å². The molecule has 9 heteroatoms. The maximum absolute atomic E-state index is 12.2. The molecule has 0 aliphatic rings. The molecular formula is C19H31N3O5S. The van der Waals surface area contributed by atoms with Gasteiger partial charge in [0.2, 0.25) is 5.91 Å². The lowest BCUT2D eigenvalue weighted by atomic mass is 9.97. The van der Waals surface area contributed by atoms with Crippen LogP contribution in [0.1, 0.15) is 76.4 Å². The summed E-state index contributed by atoms with van der Waals surface area (Å²) in [5.41, 5.74) is -0.398. The number of esters is 1. The number of carbonyl (C=O) groups is 3. The molecule has 0 aliphatic carbocycles. The van der Waals surface area contributed by atoms with Crippen molar-refractivity contribution in [3.63, 3.8) is 0 Å². The van der Waals surface area contributed by atoms with Crippen molar-refractivity contribution >= 4 is 29.3 Å². The van der Waals surface area contributed by atoms with Crippen LogP contribution in [0.4, 0.5) is 4.79 Å². The second kappa shape index (κ2) is 10.4. The normalized spacial score (nSPS) is 13.6. The van der Waals surface area contributed by atoms with E-state index in [1.807, 2.05) is 13.8 Å². The van der Waals surface area contributed by atoms with Crippen molar-refractivity contribution in [1.82, 2.24) is 15.6 Å². The van der Waals surface area contributed by atoms with Crippen molar-refractivity contribution in [2.24, 2.45) is 5.92 Å². The molecule has 0 saturated heterocycles. The molecule has 0 bridgehead atoms. The molecule has 1 unspecified atom stereocenters. The van der Waals surface area contributed by atoms with Gasteiger partial charge in [-0.25, -0.2) is 14.6 Å². The average molecular weight is 414 g/mol. The van der Waals surface area contributed by atoms with E-state index in [1.54, 1.807) is 33.1 Å². The summed E-state index contributed by atoms with van der Waals surface area (Å²) in [6.07, 6.45) is -0.106. The summed E-state index contributed by atoms with van der Waals surface area (Å²) >= 11 is 1.27. The standard InChI is InChI=1S/C19H31N3O5S/c1-8-26-17(24)15-10-28-16(21-15)14(20-12(4)23)9-13(11(2)3)22-18(25)27-19(5,6)7/h10-11,13-14H,8-9H2,1-7H3,(H,20,23)(H,22,25)/t13-,14?/m1/s1. The molecule has 2 atom stereocenters. The Morgan fingerprint density at radius 1 is 1.21 bits per heavy atom. The van der Waals surface area contributed by atoms with Crippen LogP contribution in [-0.2, 0) is 14.3 Å². The van der Waals surface area contributed by atoms with Crippen LogP contribution in [0.2, 0.25) is 0 Å². The van der Waals surface area contributed by atoms with Crippen molar-refractivity contribution < 1.29 is 23.9 Å². The first-order valence-corrected chi connectivity index (χ1v) is 10.2. The predicted octanol–water partition coefficient (Wildman–Crippen LogP) is 3.44. The van der Waals surface area contributed by atoms with E-state index in [-0.39, 0.29) is 30.2 Å². The molecule has 0 spiro atoms. The molecule has 0 fully saturated rings. The zero-order valence-electron chi connectivity index (χ0n) is 17.6. The first kappa shape index (κ1) is 23.9. The van der Waals surface area contributed by atoms with Gasteiger partial charge in [-0.05, 0) is 40.0 Å². The van der Waals surface area contributed by atoms with Crippen molar-refractivity contribution in [3.05, 3.63) is 16.1 Å². The maximum atomic E-state index is 12.2. The van der Waals surface area contributed by atoms with E-state index < -0.39 is 23.7 Å². The third kappa shape index (κ3) is 8.24. The van der Waals surface area contributed by atoms with Crippen molar-refractivity contribution in [2.45, 2.75) is 72.6 Å². The second-order valence-electron chi connectivity index (χ2n) is 7.78. The Kier molecular flexibility index (Phi) is 8.87. The Bertz CT molecular complexity index is 681. The second-order valence-corrected chi connectivity index (χ2v) is 8.67. The fraction of sp³-hybridized carbons (Fsp3) is 0.684. The highest BCUT2D eigenvalue weighted by Crippen LogP contribution is 2.25. The number of hydrogen-bond donors (Lipinski definition) is 2. The molecule has 28 heavy (non-hydrogen) atoms. The highest BCUT2D eigenvalue weighted by Gasteiger charge is 2.27. The zero-order valence-corrected chi connectivity index (χ0v) is 18.4. The van der Waals surface area contributed by atoms with Crippen molar-refractivity contribution in [2.75, 3.05) is 6.61 Å². The molecule has 2 amide bonds. The predicted molar refractivity (Wildman–Crippen MR) is 107 cm³/mol. The Morgan fingerprint density at radius 2 is 1.86 bits per heavy atom. The largest absolute Gasteiger partial charge is 0.461 e. The molecule has 8 nitrogen and oxygen atoms in total. The molecule has 0 aliphatic heterocycles. The van der Waals surface area contributed by atoms with Gasteiger partial charge in [0, 0.05) is 18.3 Å². The summed E-state index contributed by atoms with van der Waals surface area (Å²) < 4.78 is 10.3. The Balaban J connectivity index is 2.97. The Hall–Kier alpha value is -2.16. The zero-order chi connectivity index (χ0) is 21.5. The van der Waals surface area contributed by atoms with Crippen LogP contribution in [-0.4, -0.2) is 41.2 Å². The van der Waals surface area contributed by atoms with Gasteiger partial charge in [0.1, 0.15) is 10.6 Å². The number of rotatable bonds is 8. The molecular weight excluding hydrogens is 382 g/mol. The van der Waals surface area contributed by atoms with Gasteiger partial charge in [-0.3, -0.25) is 4.79 Å². The lowest BCUT2D eigenvalue weighted by molar-refractivity contribution is -0.119. The molecule has 1 aromatic heterocycles. The van der Waals surface area contributed by atoms with Crippen LogP contribution in [0.15, 0.2) is 5.38 Å². The third-order valence-corrected chi connectivity index (χ3v) is 4.64. The van der Waals surface area contributed by atoms with Gasteiger partial charge in [0.05, 0.1) is 12.6 Å². The van der Waals surface area contributed by atoms with E-state index in [9.17, 15) is 14.4 Å². The first-order valence-electron chi connectivity index (χ1n) is 9.32. The van der Waals surface area contributed by atoms with E-state index in [0.29, 0.717) is 11.4 Å². The van der Waals surface area contributed by atoms with Crippen molar-refractivity contribution in [3.8, 4) is 0 Å². The number of ether oxygens (including phenoxy) is 2. The molecule has 0 saturated carbocycles.